The molecule has 1 aromatic carbocycles. The van der Waals surface area contributed by atoms with Gasteiger partial charge in [0.05, 0.1) is 23.8 Å². The van der Waals surface area contributed by atoms with Gasteiger partial charge in [-0.1, -0.05) is 12.1 Å². The number of nitrogens with zero attached hydrogens (tertiary/aromatic N) is 5. The lowest BCUT2D eigenvalue weighted by Crippen LogP contribution is -2.44. The quantitative estimate of drug-likeness (QED) is 0.733. The first-order valence-corrected chi connectivity index (χ1v) is 8.47. The number of imidazole rings is 1. The standard InChI is InChI=1S/C18H20N7O/c1-23-8-10-24(11-9-23)15-5-3-2-4-13(15)21-17-18-22-14(16(19)26)12-25(18)7-6-20-17/h2-6,12H,8-11H2,1H3,(H2,19,26)(H,20,21). The second-order valence-corrected chi connectivity index (χ2v) is 6.35. The summed E-state index contributed by atoms with van der Waals surface area (Å²) in [5.74, 6) is -0.0243. The molecule has 8 nitrogen and oxygen atoms in total. The molecule has 1 saturated heterocycles. The molecule has 0 aliphatic carbocycles. The van der Waals surface area contributed by atoms with Gasteiger partial charge in [0.1, 0.15) is 5.69 Å². The Hall–Kier alpha value is -3.13. The number of aromatic nitrogens is 3. The number of benzene rings is 1. The maximum atomic E-state index is 11.4. The number of anilines is 3. The van der Waals surface area contributed by atoms with Gasteiger partial charge in [0.25, 0.3) is 5.91 Å². The average molecular weight is 350 g/mol. The van der Waals surface area contributed by atoms with E-state index in [1.54, 1.807) is 16.8 Å². The summed E-state index contributed by atoms with van der Waals surface area (Å²) in [4.78, 5) is 24.7. The van der Waals surface area contributed by atoms with Crippen LogP contribution in [0.15, 0.2) is 36.7 Å². The largest absolute Gasteiger partial charge is 0.367 e. The van der Waals surface area contributed by atoms with Crippen molar-refractivity contribution in [3.8, 4) is 0 Å². The molecule has 133 valence electrons. The lowest BCUT2D eigenvalue weighted by atomic mass is 10.2. The molecule has 3 heterocycles. The monoisotopic (exact) mass is 350 g/mol. The minimum atomic E-state index is -0.578. The molecule has 3 N–H and O–H groups in total. The third-order valence-electron chi connectivity index (χ3n) is 4.56. The lowest BCUT2D eigenvalue weighted by molar-refractivity contribution is 0.0996. The average Bonchev–Trinajstić information content (AvgIpc) is 3.09. The third kappa shape index (κ3) is 3.06. The van der Waals surface area contributed by atoms with E-state index >= 15 is 0 Å². The Morgan fingerprint density at radius 3 is 2.77 bits per heavy atom. The number of piperazine rings is 1. The number of fused-ring (bicyclic) bond motifs is 1. The van der Waals surface area contributed by atoms with Crippen LogP contribution < -0.4 is 16.0 Å². The molecule has 8 heteroatoms. The fourth-order valence-electron chi connectivity index (χ4n) is 3.10. The predicted octanol–water partition coefficient (Wildman–Crippen LogP) is 1.12. The topological polar surface area (TPSA) is 91.8 Å². The molecule has 0 atom stereocenters. The molecule has 3 aromatic rings. The van der Waals surface area contributed by atoms with Gasteiger partial charge in [0.2, 0.25) is 0 Å². The van der Waals surface area contributed by atoms with E-state index < -0.39 is 5.91 Å². The normalized spacial score (nSPS) is 15.3. The Balaban J connectivity index is 1.68. The van der Waals surface area contributed by atoms with Gasteiger partial charge in [0.15, 0.2) is 11.5 Å². The van der Waals surface area contributed by atoms with E-state index in [1.807, 2.05) is 18.2 Å². The Kier molecular flexibility index (Phi) is 4.18. The summed E-state index contributed by atoms with van der Waals surface area (Å²) < 4.78 is 1.62. The molecule has 26 heavy (non-hydrogen) atoms. The van der Waals surface area contributed by atoms with E-state index in [0.29, 0.717) is 11.5 Å². The van der Waals surface area contributed by atoms with E-state index in [-0.39, 0.29) is 5.69 Å². The van der Waals surface area contributed by atoms with Crippen LogP contribution in [-0.4, -0.2) is 58.4 Å². The van der Waals surface area contributed by atoms with Gasteiger partial charge in [-0.3, -0.25) is 9.20 Å². The number of rotatable bonds is 4. The molecule has 1 aliphatic heterocycles. The first-order valence-electron chi connectivity index (χ1n) is 8.47. The van der Waals surface area contributed by atoms with Crippen molar-refractivity contribution in [2.45, 2.75) is 0 Å². The van der Waals surface area contributed by atoms with Crippen LogP contribution in [-0.2, 0) is 0 Å². The lowest BCUT2D eigenvalue weighted by Gasteiger charge is -2.35. The van der Waals surface area contributed by atoms with Gasteiger partial charge >= 0.3 is 0 Å². The second kappa shape index (κ2) is 6.64. The number of carbonyl (C=O) groups is 1. The molecule has 0 saturated carbocycles. The fourth-order valence-corrected chi connectivity index (χ4v) is 3.10. The third-order valence-corrected chi connectivity index (χ3v) is 4.56. The molecule has 1 radical (unpaired) electrons. The number of nitrogens with one attached hydrogen (secondary N) is 1. The summed E-state index contributed by atoms with van der Waals surface area (Å²) in [7, 11) is 2.14. The zero-order valence-corrected chi connectivity index (χ0v) is 14.5. The van der Waals surface area contributed by atoms with Crippen molar-refractivity contribution >= 4 is 28.7 Å². The van der Waals surface area contributed by atoms with Crippen molar-refractivity contribution in [3.63, 3.8) is 0 Å². The summed E-state index contributed by atoms with van der Waals surface area (Å²) in [5.41, 5.74) is 8.09. The molecular formula is C18H20N7O. The molecule has 1 fully saturated rings. The van der Waals surface area contributed by atoms with Crippen LogP contribution >= 0.6 is 0 Å². The van der Waals surface area contributed by atoms with Gasteiger partial charge < -0.3 is 20.9 Å². The number of likely N-dealkylation sites (N-methyl/N-ethyl adjacent to an activating group) is 1. The van der Waals surface area contributed by atoms with E-state index in [2.05, 4.69) is 44.4 Å². The van der Waals surface area contributed by atoms with Gasteiger partial charge in [-0.05, 0) is 19.2 Å². The highest BCUT2D eigenvalue weighted by Crippen LogP contribution is 2.29. The van der Waals surface area contributed by atoms with Crippen LogP contribution in [0.2, 0.25) is 0 Å². The van der Waals surface area contributed by atoms with Crippen LogP contribution in [0.3, 0.4) is 0 Å². The highest BCUT2D eigenvalue weighted by atomic mass is 16.1. The van der Waals surface area contributed by atoms with E-state index in [9.17, 15) is 4.79 Å². The Morgan fingerprint density at radius 2 is 2.00 bits per heavy atom. The number of primary amides is 1. The van der Waals surface area contributed by atoms with Gasteiger partial charge in [-0.2, -0.15) is 0 Å². The number of carbonyl (C=O) groups excluding carboxylic acids is 1. The Morgan fingerprint density at radius 1 is 1.23 bits per heavy atom. The van der Waals surface area contributed by atoms with Gasteiger partial charge in [0, 0.05) is 32.4 Å². The maximum absolute atomic E-state index is 11.4. The summed E-state index contributed by atoms with van der Waals surface area (Å²) in [6, 6.07) is 8.12. The number of nitrogens with two attached hydrogens (primary N) is 1. The Bertz CT molecular complexity index is 944. The maximum Gasteiger partial charge on any atom is 0.268 e. The van der Waals surface area contributed by atoms with Crippen LogP contribution in [0, 0.1) is 6.20 Å². The van der Waals surface area contributed by atoms with Crippen molar-refractivity contribution in [2.75, 3.05) is 43.4 Å². The van der Waals surface area contributed by atoms with E-state index in [0.717, 1.165) is 37.6 Å². The molecule has 4 rings (SSSR count). The van der Waals surface area contributed by atoms with Crippen LogP contribution in [0.25, 0.3) is 5.65 Å². The van der Waals surface area contributed by atoms with Crippen molar-refractivity contribution in [2.24, 2.45) is 5.73 Å². The molecule has 2 aromatic heterocycles. The Labute approximate surface area is 151 Å². The van der Waals surface area contributed by atoms with Gasteiger partial charge in [-0.25, -0.2) is 9.97 Å². The van der Waals surface area contributed by atoms with Crippen LogP contribution in [0.4, 0.5) is 17.2 Å². The molecule has 1 amide bonds. The predicted molar refractivity (Wildman–Crippen MR) is 99.8 cm³/mol. The molecule has 0 unspecified atom stereocenters. The fraction of sp³-hybridized carbons (Fsp3) is 0.278. The summed E-state index contributed by atoms with van der Waals surface area (Å²) >= 11 is 0. The molecule has 0 bridgehead atoms. The zero-order chi connectivity index (χ0) is 18.1. The van der Waals surface area contributed by atoms with E-state index in [1.165, 1.54) is 0 Å². The minimum Gasteiger partial charge on any atom is -0.367 e. The van der Waals surface area contributed by atoms with Gasteiger partial charge in [-0.15, -0.1) is 0 Å². The molecule has 0 spiro atoms. The molecule has 1 aliphatic rings. The second-order valence-electron chi connectivity index (χ2n) is 6.35. The summed E-state index contributed by atoms with van der Waals surface area (Å²) in [5, 5.41) is 3.35. The number of para-hydroxylation sites is 2. The first-order chi connectivity index (χ1) is 12.6. The van der Waals surface area contributed by atoms with Crippen LogP contribution in [0.5, 0.6) is 0 Å². The van der Waals surface area contributed by atoms with Crippen molar-refractivity contribution < 1.29 is 4.79 Å². The number of hydrogen-bond donors (Lipinski definition) is 2. The zero-order valence-electron chi connectivity index (χ0n) is 14.5. The molecular weight excluding hydrogens is 330 g/mol. The minimum absolute atomic E-state index is 0.185. The smallest absolute Gasteiger partial charge is 0.268 e. The highest BCUT2D eigenvalue weighted by molar-refractivity contribution is 5.92. The summed E-state index contributed by atoms with van der Waals surface area (Å²) in [6.07, 6.45) is 6.01. The SMILES string of the molecule is CN1CCN(c2ccccc2Nc2nc[c]n3cc(C(N)=O)nc23)CC1. The van der Waals surface area contributed by atoms with Crippen molar-refractivity contribution in [3.05, 3.63) is 48.5 Å². The number of amides is 1. The number of hydrogen-bond acceptors (Lipinski definition) is 6. The highest BCUT2D eigenvalue weighted by Gasteiger charge is 2.18. The van der Waals surface area contributed by atoms with E-state index in [4.69, 9.17) is 5.73 Å². The van der Waals surface area contributed by atoms with Crippen LogP contribution in [0.1, 0.15) is 10.5 Å². The summed E-state index contributed by atoms with van der Waals surface area (Å²) in [6.45, 7) is 3.99. The van der Waals surface area contributed by atoms with Crippen molar-refractivity contribution in [1.29, 1.82) is 0 Å². The first kappa shape index (κ1) is 16.3. The van der Waals surface area contributed by atoms with Crippen molar-refractivity contribution in [1.82, 2.24) is 19.3 Å².